The molecule has 0 fully saturated rings. The van der Waals surface area contributed by atoms with E-state index in [-0.39, 0.29) is 5.84 Å². The van der Waals surface area contributed by atoms with Crippen LogP contribution in [0, 0.1) is 5.41 Å². The highest BCUT2D eigenvalue weighted by Crippen LogP contribution is 2.14. The summed E-state index contributed by atoms with van der Waals surface area (Å²) in [6, 6.07) is 3.56. The van der Waals surface area contributed by atoms with Gasteiger partial charge >= 0.3 is 0 Å². The average Bonchev–Trinajstić information content (AvgIpc) is 2.59. The molecule has 2 rings (SSSR count). The Morgan fingerprint density at radius 3 is 2.80 bits per heavy atom. The molecule has 5 heteroatoms. The van der Waals surface area contributed by atoms with Crippen LogP contribution >= 0.6 is 0 Å². The van der Waals surface area contributed by atoms with Crippen LogP contribution in [0.4, 0.5) is 0 Å². The molecular weight excluding hydrogens is 190 g/mol. The van der Waals surface area contributed by atoms with Crippen LogP contribution in [-0.4, -0.2) is 20.4 Å². The number of pyridine rings is 1. The SMILES string of the molecule is CC(C)c1nnc2cc(C(=N)N)ccn12. The van der Waals surface area contributed by atoms with Gasteiger partial charge in [0.15, 0.2) is 5.65 Å². The highest BCUT2D eigenvalue weighted by Gasteiger charge is 2.09. The first-order valence-electron chi connectivity index (χ1n) is 4.78. The molecule has 0 radical (unpaired) electrons. The van der Waals surface area contributed by atoms with E-state index in [2.05, 4.69) is 24.0 Å². The summed E-state index contributed by atoms with van der Waals surface area (Å²) in [6.07, 6.45) is 1.85. The Morgan fingerprint density at radius 2 is 2.20 bits per heavy atom. The smallest absolute Gasteiger partial charge is 0.161 e. The van der Waals surface area contributed by atoms with E-state index in [1.54, 1.807) is 12.1 Å². The van der Waals surface area contributed by atoms with Crippen LogP contribution < -0.4 is 5.73 Å². The van der Waals surface area contributed by atoms with Gasteiger partial charge in [0.05, 0.1) is 0 Å². The van der Waals surface area contributed by atoms with Crippen molar-refractivity contribution >= 4 is 11.5 Å². The quantitative estimate of drug-likeness (QED) is 0.567. The molecule has 5 nitrogen and oxygen atoms in total. The monoisotopic (exact) mass is 203 g/mol. The molecule has 0 aliphatic carbocycles. The number of aromatic nitrogens is 3. The van der Waals surface area contributed by atoms with Crippen molar-refractivity contribution in [2.24, 2.45) is 5.73 Å². The van der Waals surface area contributed by atoms with Gasteiger partial charge in [-0.05, 0) is 12.1 Å². The summed E-state index contributed by atoms with van der Waals surface area (Å²) in [5.74, 6) is 1.29. The fourth-order valence-electron chi connectivity index (χ4n) is 1.47. The Labute approximate surface area is 87.4 Å². The zero-order chi connectivity index (χ0) is 11.0. The molecule has 2 aromatic heterocycles. The molecule has 0 bridgehead atoms. The van der Waals surface area contributed by atoms with E-state index in [4.69, 9.17) is 11.1 Å². The van der Waals surface area contributed by atoms with Crippen LogP contribution in [0.25, 0.3) is 5.65 Å². The molecule has 78 valence electrons. The van der Waals surface area contributed by atoms with E-state index >= 15 is 0 Å². The lowest BCUT2D eigenvalue weighted by atomic mass is 10.2. The molecule has 0 saturated carbocycles. The van der Waals surface area contributed by atoms with E-state index < -0.39 is 0 Å². The lowest BCUT2D eigenvalue weighted by molar-refractivity contribution is 0.759. The Bertz CT molecular complexity index is 512. The first-order valence-corrected chi connectivity index (χ1v) is 4.78. The van der Waals surface area contributed by atoms with Crippen molar-refractivity contribution in [3.8, 4) is 0 Å². The van der Waals surface area contributed by atoms with Gasteiger partial charge in [-0.3, -0.25) is 9.81 Å². The average molecular weight is 203 g/mol. The Morgan fingerprint density at radius 1 is 1.47 bits per heavy atom. The summed E-state index contributed by atoms with van der Waals surface area (Å²) in [5, 5.41) is 15.5. The number of hydrogen-bond acceptors (Lipinski definition) is 3. The van der Waals surface area contributed by atoms with Gasteiger partial charge in [0.2, 0.25) is 0 Å². The second-order valence-corrected chi connectivity index (χ2v) is 3.77. The zero-order valence-electron chi connectivity index (χ0n) is 8.73. The molecule has 2 heterocycles. The summed E-state index contributed by atoms with van der Waals surface area (Å²) in [4.78, 5) is 0. The molecule has 0 saturated heterocycles. The van der Waals surface area contributed by atoms with E-state index in [1.807, 2.05) is 10.6 Å². The highest BCUT2D eigenvalue weighted by atomic mass is 15.2. The number of nitrogens with one attached hydrogen (secondary N) is 1. The third kappa shape index (κ3) is 1.56. The Balaban J connectivity index is 2.61. The molecule has 0 aliphatic heterocycles. The van der Waals surface area contributed by atoms with Gasteiger partial charge in [0.1, 0.15) is 11.7 Å². The maximum Gasteiger partial charge on any atom is 0.161 e. The molecule has 0 spiro atoms. The fraction of sp³-hybridized carbons (Fsp3) is 0.300. The number of rotatable bonds is 2. The Kier molecular flexibility index (Phi) is 2.15. The minimum atomic E-state index is 0.0478. The number of nitrogens with two attached hydrogens (primary N) is 1. The number of hydrogen-bond donors (Lipinski definition) is 2. The summed E-state index contributed by atoms with van der Waals surface area (Å²) in [5.41, 5.74) is 6.80. The minimum absolute atomic E-state index is 0.0478. The van der Waals surface area contributed by atoms with Gasteiger partial charge in [0.25, 0.3) is 0 Å². The number of fused-ring (bicyclic) bond motifs is 1. The Hall–Kier alpha value is -1.91. The van der Waals surface area contributed by atoms with Crippen molar-refractivity contribution in [2.45, 2.75) is 19.8 Å². The van der Waals surface area contributed by atoms with Crippen LogP contribution in [0.5, 0.6) is 0 Å². The molecule has 0 aromatic carbocycles. The van der Waals surface area contributed by atoms with Crippen LogP contribution in [0.2, 0.25) is 0 Å². The van der Waals surface area contributed by atoms with Crippen molar-refractivity contribution in [1.29, 1.82) is 5.41 Å². The van der Waals surface area contributed by atoms with Crippen molar-refractivity contribution < 1.29 is 0 Å². The highest BCUT2D eigenvalue weighted by molar-refractivity contribution is 5.95. The maximum absolute atomic E-state index is 7.32. The second kappa shape index (κ2) is 3.34. The molecule has 0 unspecified atom stereocenters. The van der Waals surface area contributed by atoms with Crippen LogP contribution in [0.3, 0.4) is 0 Å². The van der Waals surface area contributed by atoms with Crippen LogP contribution in [0.15, 0.2) is 18.3 Å². The summed E-state index contributed by atoms with van der Waals surface area (Å²) in [6.45, 7) is 4.13. The normalized spacial score (nSPS) is 11.1. The molecule has 0 atom stereocenters. The summed E-state index contributed by atoms with van der Waals surface area (Å²) >= 11 is 0. The van der Waals surface area contributed by atoms with E-state index in [9.17, 15) is 0 Å². The second-order valence-electron chi connectivity index (χ2n) is 3.77. The van der Waals surface area contributed by atoms with Crippen molar-refractivity contribution in [3.05, 3.63) is 29.7 Å². The minimum Gasteiger partial charge on any atom is -0.384 e. The van der Waals surface area contributed by atoms with Gasteiger partial charge in [-0.25, -0.2) is 0 Å². The first-order chi connectivity index (χ1) is 7.09. The molecule has 3 N–H and O–H groups in total. The predicted molar refractivity (Wildman–Crippen MR) is 58.1 cm³/mol. The van der Waals surface area contributed by atoms with E-state index in [0.717, 1.165) is 11.5 Å². The molecular formula is C10H13N5. The van der Waals surface area contributed by atoms with Gasteiger partial charge in [-0.15, -0.1) is 10.2 Å². The molecule has 0 aliphatic rings. The largest absolute Gasteiger partial charge is 0.384 e. The number of nitrogens with zero attached hydrogens (tertiary/aromatic N) is 3. The van der Waals surface area contributed by atoms with Gasteiger partial charge in [0, 0.05) is 17.7 Å². The van der Waals surface area contributed by atoms with E-state index in [1.165, 1.54) is 0 Å². The first kappa shape index (κ1) is 9.64. The van der Waals surface area contributed by atoms with Gasteiger partial charge in [-0.1, -0.05) is 13.8 Å². The zero-order valence-corrected chi connectivity index (χ0v) is 8.73. The molecule has 2 aromatic rings. The number of amidine groups is 1. The maximum atomic E-state index is 7.32. The van der Waals surface area contributed by atoms with Gasteiger partial charge < -0.3 is 5.73 Å². The van der Waals surface area contributed by atoms with Crippen molar-refractivity contribution in [3.63, 3.8) is 0 Å². The molecule has 0 amide bonds. The third-order valence-corrected chi connectivity index (χ3v) is 2.26. The van der Waals surface area contributed by atoms with Crippen molar-refractivity contribution in [2.75, 3.05) is 0 Å². The molecule has 15 heavy (non-hydrogen) atoms. The standard InChI is InChI=1S/C10H13N5/c1-6(2)10-14-13-8-5-7(9(11)12)3-4-15(8)10/h3-6H,1-2H3,(H3,11,12). The summed E-state index contributed by atoms with van der Waals surface area (Å²) in [7, 11) is 0. The third-order valence-electron chi connectivity index (χ3n) is 2.26. The predicted octanol–water partition coefficient (Wildman–Crippen LogP) is 1.14. The van der Waals surface area contributed by atoms with Gasteiger partial charge in [-0.2, -0.15) is 0 Å². The van der Waals surface area contributed by atoms with Crippen LogP contribution in [0.1, 0.15) is 31.2 Å². The summed E-state index contributed by atoms with van der Waals surface area (Å²) < 4.78 is 1.91. The van der Waals surface area contributed by atoms with Crippen molar-refractivity contribution in [1.82, 2.24) is 14.6 Å². The number of nitrogen functional groups attached to an aromatic ring is 1. The lowest BCUT2D eigenvalue weighted by Gasteiger charge is -2.03. The topological polar surface area (TPSA) is 80.1 Å². The van der Waals surface area contributed by atoms with E-state index in [0.29, 0.717) is 11.5 Å². The lowest BCUT2D eigenvalue weighted by Crippen LogP contribution is -2.11. The van der Waals surface area contributed by atoms with Crippen LogP contribution in [-0.2, 0) is 0 Å². The fourth-order valence-corrected chi connectivity index (χ4v) is 1.47.